The van der Waals surface area contributed by atoms with Crippen LogP contribution < -0.4 is 14.8 Å². The van der Waals surface area contributed by atoms with E-state index in [0.717, 1.165) is 41.5 Å². The maximum atomic E-state index is 12.4. The molecule has 5 rings (SSSR count). The van der Waals surface area contributed by atoms with Gasteiger partial charge in [0.2, 0.25) is 11.7 Å². The van der Waals surface area contributed by atoms with Crippen molar-refractivity contribution in [1.82, 2.24) is 20.2 Å². The lowest BCUT2D eigenvalue weighted by Gasteiger charge is -2.21. The number of nitrogens with one attached hydrogen (secondary N) is 1. The topological polar surface area (TPSA) is 91.2 Å². The standard InChI is InChI=1S/C20H18BrN5O3/c21-14-5-3-13(4-6-14)19-23-25-26(24-19)12-18(27)22-15-7-8-16-17(11-15)29-20(28-16)9-1-2-10-20/h3-8,11H,1-2,9-10,12H2,(H,22,27). The number of fused-ring (bicyclic) bond motifs is 1. The molecule has 0 unspecified atom stereocenters. The van der Waals surface area contributed by atoms with E-state index in [1.54, 1.807) is 12.1 Å². The molecule has 0 bridgehead atoms. The number of benzene rings is 2. The van der Waals surface area contributed by atoms with E-state index in [2.05, 4.69) is 36.7 Å². The van der Waals surface area contributed by atoms with Gasteiger partial charge in [-0.1, -0.05) is 15.9 Å². The second kappa shape index (κ2) is 7.14. The van der Waals surface area contributed by atoms with Crippen molar-refractivity contribution in [2.45, 2.75) is 38.0 Å². The lowest BCUT2D eigenvalue weighted by atomic mass is 10.2. The van der Waals surface area contributed by atoms with Crippen LogP contribution >= 0.6 is 15.9 Å². The Bertz CT molecular complexity index is 1060. The number of nitrogens with zero attached hydrogens (tertiary/aromatic N) is 4. The molecule has 1 aliphatic heterocycles. The summed E-state index contributed by atoms with van der Waals surface area (Å²) in [4.78, 5) is 13.7. The minimum absolute atomic E-state index is 0.0398. The third-order valence-corrected chi connectivity index (χ3v) is 5.55. The van der Waals surface area contributed by atoms with E-state index < -0.39 is 5.79 Å². The van der Waals surface area contributed by atoms with Gasteiger partial charge in [-0.25, -0.2) is 0 Å². The number of tetrazole rings is 1. The van der Waals surface area contributed by atoms with Gasteiger partial charge in [-0.2, -0.15) is 4.80 Å². The Labute approximate surface area is 175 Å². The lowest BCUT2D eigenvalue weighted by Crippen LogP contribution is -2.34. The summed E-state index contributed by atoms with van der Waals surface area (Å²) in [5.41, 5.74) is 1.47. The van der Waals surface area contributed by atoms with Crippen LogP contribution in [0.2, 0.25) is 0 Å². The van der Waals surface area contributed by atoms with E-state index in [0.29, 0.717) is 17.3 Å². The van der Waals surface area contributed by atoms with Crippen LogP contribution in [-0.2, 0) is 11.3 Å². The Balaban J connectivity index is 1.24. The minimum atomic E-state index is -0.515. The summed E-state index contributed by atoms with van der Waals surface area (Å²) in [5, 5.41) is 15.1. The maximum Gasteiger partial charge on any atom is 0.251 e. The highest BCUT2D eigenvalue weighted by atomic mass is 79.9. The fourth-order valence-corrected chi connectivity index (χ4v) is 3.91. The van der Waals surface area contributed by atoms with Crippen molar-refractivity contribution in [2.75, 3.05) is 5.32 Å². The van der Waals surface area contributed by atoms with Crippen molar-refractivity contribution in [1.29, 1.82) is 0 Å². The van der Waals surface area contributed by atoms with Crippen LogP contribution in [0.5, 0.6) is 11.5 Å². The van der Waals surface area contributed by atoms with E-state index in [-0.39, 0.29) is 12.5 Å². The van der Waals surface area contributed by atoms with E-state index in [9.17, 15) is 4.79 Å². The zero-order valence-electron chi connectivity index (χ0n) is 15.5. The highest BCUT2D eigenvalue weighted by molar-refractivity contribution is 9.10. The molecule has 0 radical (unpaired) electrons. The first-order valence-electron chi connectivity index (χ1n) is 9.44. The molecule has 2 heterocycles. The highest BCUT2D eigenvalue weighted by Gasteiger charge is 2.44. The zero-order chi connectivity index (χ0) is 19.8. The Kier molecular flexibility index (Phi) is 4.46. The number of amides is 1. The number of hydrogen-bond donors (Lipinski definition) is 1. The summed E-state index contributed by atoms with van der Waals surface area (Å²) < 4.78 is 13.0. The molecule has 3 aromatic rings. The smallest absolute Gasteiger partial charge is 0.251 e. The first-order valence-corrected chi connectivity index (χ1v) is 10.2. The third-order valence-electron chi connectivity index (χ3n) is 5.03. The Morgan fingerprint density at radius 3 is 2.66 bits per heavy atom. The number of carbonyl (C=O) groups is 1. The van der Waals surface area contributed by atoms with E-state index in [1.165, 1.54) is 4.80 Å². The van der Waals surface area contributed by atoms with Crippen LogP contribution in [0.3, 0.4) is 0 Å². The number of hydrogen-bond acceptors (Lipinski definition) is 6. The number of carbonyl (C=O) groups excluding carboxylic acids is 1. The molecule has 1 saturated carbocycles. The van der Waals surface area contributed by atoms with Crippen LogP contribution in [-0.4, -0.2) is 31.9 Å². The largest absolute Gasteiger partial charge is 0.448 e. The fourth-order valence-electron chi connectivity index (χ4n) is 3.64. The van der Waals surface area contributed by atoms with Crippen LogP contribution in [0, 0.1) is 0 Å². The van der Waals surface area contributed by atoms with Gasteiger partial charge in [0.15, 0.2) is 11.5 Å². The van der Waals surface area contributed by atoms with Gasteiger partial charge >= 0.3 is 0 Å². The number of ether oxygens (including phenoxy) is 2. The molecule has 8 nitrogen and oxygen atoms in total. The zero-order valence-corrected chi connectivity index (χ0v) is 17.1. The molecule has 1 N–H and O–H groups in total. The second-order valence-corrected chi connectivity index (χ2v) is 8.10. The van der Waals surface area contributed by atoms with Crippen molar-refractivity contribution in [3.05, 3.63) is 46.9 Å². The molecule has 0 atom stereocenters. The van der Waals surface area contributed by atoms with E-state index in [1.807, 2.05) is 30.3 Å². The van der Waals surface area contributed by atoms with Crippen LogP contribution in [0.4, 0.5) is 5.69 Å². The van der Waals surface area contributed by atoms with Crippen molar-refractivity contribution in [2.24, 2.45) is 0 Å². The summed E-state index contributed by atoms with van der Waals surface area (Å²) >= 11 is 3.39. The molecule has 1 amide bonds. The van der Waals surface area contributed by atoms with Gasteiger partial charge in [-0.05, 0) is 54.5 Å². The molecule has 0 saturated heterocycles. The molecule has 29 heavy (non-hydrogen) atoms. The van der Waals surface area contributed by atoms with Gasteiger partial charge in [0.05, 0.1) is 0 Å². The lowest BCUT2D eigenvalue weighted by molar-refractivity contribution is -0.117. The van der Waals surface area contributed by atoms with Gasteiger partial charge in [0.1, 0.15) is 6.54 Å². The molecule has 1 aromatic heterocycles. The fraction of sp³-hybridized carbons (Fsp3) is 0.300. The number of rotatable bonds is 4. The predicted molar refractivity (Wildman–Crippen MR) is 108 cm³/mol. The molecule has 148 valence electrons. The average molecular weight is 456 g/mol. The molecule has 9 heteroatoms. The number of anilines is 1. The highest BCUT2D eigenvalue weighted by Crippen LogP contribution is 2.47. The van der Waals surface area contributed by atoms with Gasteiger partial charge < -0.3 is 14.8 Å². The molecule has 2 aliphatic rings. The Morgan fingerprint density at radius 2 is 1.86 bits per heavy atom. The summed E-state index contributed by atoms with van der Waals surface area (Å²) in [5.74, 6) is 1.09. The maximum absolute atomic E-state index is 12.4. The monoisotopic (exact) mass is 455 g/mol. The third kappa shape index (κ3) is 3.69. The van der Waals surface area contributed by atoms with Gasteiger partial charge in [0, 0.05) is 34.6 Å². The van der Waals surface area contributed by atoms with Crippen LogP contribution in [0.25, 0.3) is 11.4 Å². The quantitative estimate of drug-likeness (QED) is 0.643. The Morgan fingerprint density at radius 1 is 1.10 bits per heavy atom. The molecule has 2 aromatic carbocycles. The predicted octanol–water partition coefficient (Wildman–Crippen LogP) is 3.78. The normalized spacial score (nSPS) is 16.3. The van der Waals surface area contributed by atoms with Crippen molar-refractivity contribution in [3.8, 4) is 22.9 Å². The van der Waals surface area contributed by atoms with Crippen molar-refractivity contribution >= 4 is 27.5 Å². The van der Waals surface area contributed by atoms with E-state index in [4.69, 9.17) is 9.47 Å². The summed E-state index contributed by atoms with van der Waals surface area (Å²) in [7, 11) is 0. The molecule has 1 fully saturated rings. The molecule has 1 spiro atoms. The summed E-state index contributed by atoms with van der Waals surface area (Å²) in [6, 6.07) is 13.0. The first kappa shape index (κ1) is 18.1. The summed E-state index contributed by atoms with van der Waals surface area (Å²) in [6.07, 6.45) is 3.99. The summed E-state index contributed by atoms with van der Waals surface area (Å²) in [6.45, 7) is -0.0398. The van der Waals surface area contributed by atoms with Crippen LogP contribution in [0.1, 0.15) is 25.7 Å². The first-order chi connectivity index (χ1) is 14.1. The molecule has 1 aliphatic carbocycles. The number of aromatic nitrogens is 4. The van der Waals surface area contributed by atoms with Gasteiger partial charge in [0.25, 0.3) is 5.79 Å². The van der Waals surface area contributed by atoms with Gasteiger partial charge in [-0.3, -0.25) is 4.79 Å². The van der Waals surface area contributed by atoms with Crippen LogP contribution in [0.15, 0.2) is 46.9 Å². The van der Waals surface area contributed by atoms with Crippen molar-refractivity contribution in [3.63, 3.8) is 0 Å². The molecular weight excluding hydrogens is 438 g/mol. The minimum Gasteiger partial charge on any atom is -0.448 e. The average Bonchev–Trinajstić information content (AvgIpc) is 3.42. The van der Waals surface area contributed by atoms with Gasteiger partial charge in [-0.15, -0.1) is 10.2 Å². The molecular formula is C20H18BrN5O3. The second-order valence-electron chi connectivity index (χ2n) is 7.18. The number of halogens is 1. The van der Waals surface area contributed by atoms with Crippen molar-refractivity contribution < 1.29 is 14.3 Å². The SMILES string of the molecule is O=C(Cn1nnc(-c2ccc(Br)cc2)n1)Nc1ccc2c(c1)OC1(CCCC1)O2. The Hall–Kier alpha value is -2.94. The van der Waals surface area contributed by atoms with E-state index >= 15 is 0 Å².